The molecule has 0 saturated carbocycles. The van der Waals surface area contributed by atoms with Crippen LogP contribution >= 0.6 is 12.4 Å². The molecular weight excluding hydrogens is 354 g/mol. The molecule has 1 aromatic heterocycles. The summed E-state index contributed by atoms with van der Waals surface area (Å²) in [5.74, 6) is 0.135. The summed E-state index contributed by atoms with van der Waals surface area (Å²) >= 11 is 0. The largest absolute Gasteiger partial charge is 0.459 e. The Morgan fingerprint density at radius 2 is 1.96 bits per heavy atom. The number of amides is 2. The highest BCUT2D eigenvalue weighted by atomic mass is 35.5. The van der Waals surface area contributed by atoms with Gasteiger partial charge in [0.15, 0.2) is 5.76 Å². The van der Waals surface area contributed by atoms with E-state index in [2.05, 4.69) is 19.2 Å². The first-order valence-corrected chi connectivity index (χ1v) is 8.34. The zero-order chi connectivity index (χ0) is 18.4. The van der Waals surface area contributed by atoms with Gasteiger partial charge in [0, 0.05) is 30.9 Å². The number of hydrogen-bond acceptors (Lipinski definition) is 4. The summed E-state index contributed by atoms with van der Waals surface area (Å²) in [7, 11) is 1.75. The third-order valence-electron chi connectivity index (χ3n) is 4.11. The fourth-order valence-electron chi connectivity index (χ4n) is 2.33. The topological polar surface area (TPSA) is 88.6 Å². The minimum Gasteiger partial charge on any atom is -0.459 e. The van der Waals surface area contributed by atoms with Crippen molar-refractivity contribution in [3.8, 4) is 0 Å². The SMILES string of the molecule is CC(C)C(N)CCN(C)C(=O)c1cccc(NC(=O)c2ccco2)c1.Cl. The molecule has 0 saturated heterocycles. The molecule has 0 aliphatic carbocycles. The molecule has 2 amide bonds. The summed E-state index contributed by atoms with van der Waals surface area (Å²) in [4.78, 5) is 26.2. The van der Waals surface area contributed by atoms with Gasteiger partial charge in [-0.3, -0.25) is 9.59 Å². The van der Waals surface area contributed by atoms with Crippen molar-refractivity contribution in [2.45, 2.75) is 26.3 Å². The van der Waals surface area contributed by atoms with Crippen molar-refractivity contribution >= 4 is 29.9 Å². The Balaban J connectivity index is 0.00000338. The molecule has 0 spiro atoms. The number of rotatable bonds is 7. The zero-order valence-electron chi connectivity index (χ0n) is 15.3. The van der Waals surface area contributed by atoms with Gasteiger partial charge in [-0.05, 0) is 42.7 Å². The van der Waals surface area contributed by atoms with Crippen molar-refractivity contribution in [3.05, 3.63) is 54.0 Å². The van der Waals surface area contributed by atoms with Gasteiger partial charge >= 0.3 is 0 Å². The van der Waals surface area contributed by atoms with Gasteiger partial charge in [0.2, 0.25) is 0 Å². The molecule has 3 N–H and O–H groups in total. The molecule has 0 aliphatic rings. The number of nitrogens with two attached hydrogens (primary N) is 1. The fourth-order valence-corrected chi connectivity index (χ4v) is 2.33. The molecule has 7 heteroatoms. The third-order valence-corrected chi connectivity index (χ3v) is 4.11. The molecule has 0 radical (unpaired) electrons. The molecule has 1 unspecified atom stereocenters. The van der Waals surface area contributed by atoms with Crippen molar-refractivity contribution in [2.24, 2.45) is 11.7 Å². The van der Waals surface area contributed by atoms with Gasteiger partial charge in [-0.25, -0.2) is 0 Å². The van der Waals surface area contributed by atoms with Crippen LogP contribution in [0.15, 0.2) is 47.1 Å². The summed E-state index contributed by atoms with van der Waals surface area (Å²) in [5.41, 5.74) is 7.09. The van der Waals surface area contributed by atoms with Crippen LogP contribution in [0.1, 0.15) is 41.2 Å². The van der Waals surface area contributed by atoms with Crippen LogP contribution in [0.2, 0.25) is 0 Å². The normalized spacial score (nSPS) is 11.6. The molecule has 1 atom stereocenters. The Kier molecular flexibility index (Phi) is 8.35. The first-order chi connectivity index (χ1) is 11.9. The highest BCUT2D eigenvalue weighted by Crippen LogP contribution is 2.15. The van der Waals surface area contributed by atoms with Gasteiger partial charge in [0.05, 0.1) is 6.26 Å². The highest BCUT2D eigenvalue weighted by Gasteiger charge is 2.15. The first-order valence-electron chi connectivity index (χ1n) is 8.34. The maximum atomic E-state index is 12.5. The second-order valence-electron chi connectivity index (χ2n) is 6.44. The minimum atomic E-state index is -0.356. The van der Waals surface area contributed by atoms with Crippen LogP contribution in [0.4, 0.5) is 5.69 Å². The van der Waals surface area contributed by atoms with Gasteiger partial charge in [-0.1, -0.05) is 19.9 Å². The second-order valence-corrected chi connectivity index (χ2v) is 6.44. The molecule has 0 fully saturated rings. The minimum absolute atomic E-state index is 0. The smallest absolute Gasteiger partial charge is 0.291 e. The summed E-state index contributed by atoms with van der Waals surface area (Å²) in [5, 5.41) is 2.72. The van der Waals surface area contributed by atoms with Crippen LogP contribution in [-0.4, -0.2) is 36.3 Å². The van der Waals surface area contributed by atoms with Crippen molar-refractivity contribution in [1.29, 1.82) is 0 Å². The monoisotopic (exact) mass is 379 g/mol. The van der Waals surface area contributed by atoms with E-state index in [1.54, 1.807) is 48.3 Å². The lowest BCUT2D eigenvalue weighted by molar-refractivity contribution is 0.0788. The summed E-state index contributed by atoms with van der Waals surface area (Å²) in [6.07, 6.45) is 2.18. The highest BCUT2D eigenvalue weighted by molar-refractivity contribution is 6.03. The standard InChI is InChI=1S/C19H25N3O3.ClH/c1-13(2)16(20)9-10-22(3)19(24)14-6-4-7-15(12-14)21-18(23)17-8-5-11-25-17;/h4-8,11-13,16H,9-10,20H2,1-3H3,(H,21,23);1H. The lowest BCUT2D eigenvalue weighted by atomic mass is 10.0. The van der Waals surface area contributed by atoms with E-state index >= 15 is 0 Å². The van der Waals surface area contributed by atoms with Gasteiger partial charge in [-0.15, -0.1) is 12.4 Å². The average Bonchev–Trinajstić information content (AvgIpc) is 3.13. The Bertz CT molecular complexity index is 717. The molecular formula is C19H26ClN3O3. The Labute approximate surface area is 160 Å². The van der Waals surface area contributed by atoms with E-state index in [9.17, 15) is 9.59 Å². The number of hydrogen-bond donors (Lipinski definition) is 2. The van der Waals surface area contributed by atoms with Crippen LogP contribution in [0, 0.1) is 5.92 Å². The quantitative estimate of drug-likeness (QED) is 0.771. The lowest BCUT2D eigenvalue weighted by Gasteiger charge is -2.21. The maximum Gasteiger partial charge on any atom is 0.291 e. The summed E-state index contributed by atoms with van der Waals surface area (Å²) < 4.78 is 5.06. The third kappa shape index (κ3) is 5.89. The molecule has 1 aromatic carbocycles. The number of nitrogens with one attached hydrogen (secondary N) is 1. The van der Waals surface area contributed by atoms with Gasteiger partial charge in [0.25, 0.3) is 11.8 Å². The average molecular weight is 380 g/mol. The molecule has 26 heavy (non-hydrogen) atoms. The number of carbonyl (C=O) groups is 2. The molecule has 2 aromatic rings. The fraction of sp³-hybridized carbons (Fsp3) is 0.368. The molecule has 6 nitrogen and oxygen atoms in total. The van der Waals surface area contributed by atoms with E-state index in [-0.39, 0.29) is 36.0 Å². The lowest BCUT2D eigenvalue weighted by Crippen LogP contribution is -2.34. The van der Waals surface area contributed by atoms with E-state index in [0.29, 0.717) is 23.7 Å². The maximum absolute atomic E-state index is 12.5. The predicted octanol–water partition coefficient (Wildman–Crippen LogP) is 3.40. The Hall–Kier alpha value is -2.31. The van der Waals surface area contributed by atoms with Gasteiger partial charge < -0.3 is 20.4 Å². The van der Waals surface area contributed by atoms with Crippen molar-refractivity contribution < 1.29 is 14.0 Å². The number of nitrogens with zero attached hydrogens (tertiary/aromatic N) is 1. The molecule has 1 heterocycles. The first kappa shape index (κ1) is 21.7. The van der Waals surface area contributed by atoms with Crippen LogP contribution in [-0.2, 0) is 0 Å². The van der Waals surface area contributed by atoms with E-state index in [0.717, 1.165) is 6.42 Å². The van der Waals surface area contributed by atoms with Crippen LogP contribution in [0.5, 0.6) is 0 Å². The van der Waals surface area contributed by atoms with Crippen molar-refractivity contribution in [3.63, 3.8) is 0 Å². The summed E-state index contributed by atoms with van der Waals surface area (Å²) in [6, 6.07) is 10.1. The number of furan rings is 1. The van der Waals surface area contributed by atoms with E-state index in [4.69, 9.17) is 10.2 Å². The Morgan fingerprint density at radius 1 is 1.23 bits per heavy atom. The number of benzene rings is 1. The van der Waals surface area contributed by atoms with Crippen LogP contribution < -0.4 is 11.1 Å². The van der Waals surface area contributed by atoms with Gasteiger partial charge in [-0.2, -0.15) is 0 Å². The Morgan fingerprint density at radius 3 is 2.58 bits per heavy atom. The van der Waals surface area contributed by atoms with Gasteiger partial charge in [0.1, 0.15) is 0 Å². The number of halogens is 1. The van der Waals surface area contributed by atoms with E-state index in [1.807, 2.05) is 0 Å². The molecule has 0 bridgehead atoms. The predicted molar refractivity (Wildman–Crippen MR) is 105 cm³/mol. The second kappa shape index (κ2) is 9.99. The summed E-state index contributed by atoms with van der Waals surface area (Å²) in [6.45, 7) is 4.72. The number of carbonyl (C=O) groups excluding carboxylic acids is 2. The zero-order valence-corrected chi connectivity index (χ0v) is 16.1. The van der Waals surface area contributed by atoms with Crippen molar-refractivity contribution in [2.75, 3.05) is 18.9 Å². The van der Waals surface area contributed by atoms with Crippen LogP contribution in [0.3, 0.4) is 0 Å². The van der Waals surface area contributed by atoms with E-state index < -0.39 is 0 Å². The van der Waals surface area contributed by atoms with E-state index in [1.165, 1.54) is 6.26 Å². The molecule has 0 aliphatic heterocycles. The molecule has 142 valence electrons. The van der Waals surface area contributed by atoms with Crippen molar-refractivity contribution in [1.82, 2.24) is 4.90 Å². The molecule has 2 rings (SSSR count). The van der Waals surface area contributed by atoms with Crippen LogP contribution in [0.25, 0.3) is 0 Å². The number of anilines is 1.